The minimum Gasteiger partial charge on any atom is -0.376 e. The first kappa shape index (κ1) is 11.9. The summed E-state index contributed by atoms with van der Waals surface area (Å²) >= 11 is 0. The van der Waals surface area contributed by atoms with Crippen molar-refractivity contribution in [3.8, 4) is 0 Å². The van der Waals surface area contributed by atoms with Gasteiger partial charge < -0.3 is 9.47 Å². The van der Waals surface area contributed by atoms with E-state index < -0.39 is 0 Å². The van der Waals surface area contributed by atoms with Crippen LogP contribution in [0.4, 0.5) is 0 Å². The Balaban J connectivity index is 1.70. The van der Waals surface area contributed by atoms with E-state index in [1.165, 1.54) is 5.56 Å². The number of ether oxygens (including phenoxy) is 2. The van der Waals surface area contributed by atoms with Gasteiger partial charge in [0.25, 0.3) is 0 Å². The van der Waals surface area contributed by atoms with E-state index in [0.29, 0.717) is 19.8 Å². The van der Waals surface area contributed by atoms with Crippen LogP contribution in [0, 0.1) is 5.92 Å². The predicted molar refractivity (Wildman–Crippen MR) is 67.8 cm³/mol. The molecule has 1 aliphatic carbocycles. The highest BCUT2D eigenvalue weighted by molar-refractivity contribution is 6.00. The summed E-state index contributed by atoms with van der Waals surface area (Å²) in [5.41, 5.74) is 2.10. The van der Waals surface area contributed by atoms with Crippen LogP contribution in [0.25, 0.3) is 0 Å². The molecule has 0 unspecified atom stereocenters. The molecule has 0 N–H and O–H groups in total. The van der Waals surface area contributed by atoms with E-state index in [2.05, 4.69) is 6.07 Å². The zero-order valence-electron chi connectivity index (χ0n) is 10.4. The monoisotopic (exact) mass is 246 g/mol. The van der Waals surface area contributed by atoms with Crippen LogP contribution in [-0.4, -0.2) is 31.7 Å². The van der Waals surface area contributed by atoms with Crippen molar-refractivity contribution in [2.45, 2.75) is 25.4 Å². The highest BCUT2D eigenvalue weighted by Crippen LogP contribution is 2.29. The van der Waals surface area contributed by atoms with Crippen LogP contribution in [0.1, 0.15) is 28.8 Å². The van der Waals surface area contributed by atoms with E-state index in [-0.39, 0.29) is 17.8 Å². The molecule has 0 aromatic heterocycles. The lowest BCUT2D eigenvalue weighted by Gasteiger charge is -2.29. The van der Waals surface area contributed by atoms with Crippen LogP contribution in [0.5, 0.6) is 0 Å². The summed E-state index contributed by atoms with van der Waals surface area (Å²) in [6, 6.07) is 7.95. The number of fused-ring (bicyclic) bond motifs is 1. The van der Waals surface area contributed by atoms with Crippen molar-refractivity contribution in [3.05, 3.63) is 35.4 Å². The number of carbonyl (C=O) groups excluding carboxylic acids is 1. The Morgan fingerprint density at radius 1 is 1.22 bits per heavy atom. The molecular formula is C15H18O3. The van der Waals surface area contributed by atoms with Crippen LogP contribution in [0.15, 0.2) is 24.3 Å². The highest BCUT2D eigenvalue weighted by atomic mass is 16.6. The lowest BCUT2D eigenvalue weighted by Crippen LogP contribution is -2.34. The molecule has 1 heterocycles. The fourth-order valence-corrected chi connectivity index (χ4v) is 2.87. The van der Waals surface area contributed by atoms with Gasteiger partial charge in [-0.05, 0) is 24.8 Å². The number of hydrogen-bond donors (Lipinski definition) is 0. The van der Waals surface area contributed by atoms with Crippen molar-refractivity contribution in [3.63, 3.8) is 0 Å². The minimum absolute atomic E-state index is 0.0953. The van der Waals surface area contributed by atoms with Crippen molar-refractivity contribution in [1.29, 1.82) is 0 Å². The molecule has 1 aromatic rings. The Morgan fingerprint density at radius 3 is 2.94 bits per heavy atom. The summed E-state index contributed by atoms with van der Waals surface area (Å²) in [5.74, 6) is 0.387. The zero-order chi connectivity index (χ0) is 12.4. The third kappa shape index (κ3) is 2.33. The van der Waals surface area contributed by atoms with Gasteiger partial charge >= 0.3 is 0 Å². The summed E-state index contributed by atoms with van der Waals surface area (Å²) in [7, 11) is 0. The second-order valence-electron chi connectivity index (χ2n) is 5.06. The van der Waals surface area contributed by atoms with Gasteiger partial charge in [-0.3, -0.25) is 4.79 Å². The quantitative estimate of drug-likeness (QED) is 0.802. The standard InChI is InChI=1S/C15H18O3/c16-15-12(9-13-10-17-7-8-18-13)6-5-11-3-1-2-4-14(11)15/h1-4,12-13H,5-10H2/t12-,13+/m1/s1. The summed E-state index contributed by atoms with van der Waals surface area (Å²) < 4.78 is 11.0. The van der Waals surface area contributed by atoms with Gasteiger partial charge in [-0.1, -0.05) is 24.3 Å². The fraction of sp³-hybridized carbons (Fsp3) is 0.533. The molecule has 3 heteroatoms. The zero-order valence-corrected chi connectivity index (χ0v) is 10.4. The fourth-order valence-electron chi connectivity index (χ4n) is 2.87. The van der Waals surface area contributed by atoms with Crippen molar-refractivity contribution < 1.29 is 14.3 Å². The lowest BCUT2D eigenvalue weighted by atomic mass is 9.80. The maximum Gasteiger partial charge on any atom is 0.166 e. The number of ketones is 1. The van der Waals surface area contributed by atoms with Crippen molar-refractivity contribution >= 4 is 5.78 Å². The van der Waals surface area contributed by atoms with Crippen LogP contribution in [0.2, 0.25) is 0 Å². The molecule has 1 aromatic carbocycles. The molecule has 1 fully saturated rings. The minimum atomic E-state index is 0.0953. The molecule has 18 heavy (non-hydrogen) atoms. The van der Waals surface area contributed by atoms with Crippen molar-refractivity contribution in [2.75, 3.05) is 19.8 Å². The molecule has 1 saturated heterocycles. The van der Waals surface area contributed by atoms with Crippen LogP contribution in [0.3, 0.4) is 0 Å². The third-order valence-electron chi connectivity index (χ3n) is 3.85. The Hall–Kier alpha value is -1.19. The first-order chi connectivity index (χ1) is 8.84. The van der Waals surface area contributed by atoms with Gasteiger partial charge in [-0.15, -0.1) is 0 Å². The first-order valence-corrected chi connectivity index (χ1v) is 6.66. The summed E-state index contributed by atoms with van der Waals surface area (Å²) in [6.45, 7) is 1.96. The third-order valence-corrected chi connectivity index (χ3v) is 3.85. The van der Waals surface area contributed by atoms with Gasteiger partial charge in [0.05, 0.1) is 25.9 Å². The van der Waals surface area contributed by atoms with E-state index >= 15 is 0 Å². The SMILES string of the molecule is O=C1c2ccccc2CC[C@@H]1C[C@H]1COCCO1. The molecule has 0 radical (unpaired) electrons. The van der Waals surface area contributed by atoms with Gasteiger partial charge in [0.2, 0.25) is 0 Å². The van der Waals surface area contributed by atoms with Gasteiger partial charge in [-0.2, -0.15) is 0 Å². The van der Waals surface area contributed by atoms with Gasteiger partial charge in [0.1, 0.15) is 0 Å². The number of hydrogen-bond acceptors (Lipinski definition) is 3. The predicted octanol–water partition coefficient (Wildman–Crippen LogP) is 2.24. The van der Waals surface area contributed by atoms with Crippen molar-refractivity contribution in [2.24, 2.45) is 5.92 Å². The molecule has 0 saturated carbocycles. The molecule has 0 amide bonds. The topological polar surface area (TPSA) is 35.5 Å². The molecule has 96 valence electrons. The van der Waals surface area contributed by atoms with E-state index in [1.807, 2.05) is 18.2 Å². The maximum absolute atomic E-state index is 12.4. The van der Waals surface area contributed by atoms with Gasteiger partial charge in [0.15, 0.2) is 5.78 Å². The number of rotatable bonds is 2. The molecule has 0 bridgehead atoms. The van der Waals surface area contributed by atoms with Crippen molar-refractivity contribution in [1.82, 2.24) is 0 Å². The second-order valence-corrected chi connectivity index (χ2v) is 5.06. The molecule has 3 nitrogen and oxygen atoms in total. The van der Waals surface area contributed by atoms with Crippen LogP contribution < -0.4 is 0 Å². The van der Waals surface area contributed by atoms with E-state index in [1.54, 1.807) is 0 Å². The average molecular weight is 246 g/mol. The van der Waals surface area contributed by atoms with E-state index in [9.17, 15) is 4.79 Å². The van der Waals surface area contributed by atoms with Gasteiger partial charge in [-0.25, -0.2) is 0 Å². The summed E-state index contributed by atoms with van der Waals surface area (Å²) in [4.78, 5) is 12.4. The molecular weight excluding hydrogens is 228 g/mol. The average Bonchev–Trinajstić information content (AvgIpc) is 2.43. The van der Waals surface area contributed by atoms with Crippen LogP contribution >= 0.6 is 0 Å². The molecule has 1 aliphatic heterocycles. The number of benzene rings is 1. The smallest absolute Gasteiger partial charge is 0.166 e. The second kappa shape index (κ2) is 5.21. The van der Waals surface area contributed by atoms with E-state index in [0.717, 1.165) is 24.8 Å². The molecule has 2 aliphatic rings. The Labute approximate surface area is 107 Å². The summed E-state index contributed by atoms with van der Waals surface area (Å²) in [6.07, 6.45) is 2.83. The number of aryl methyl sites for hydroxylation is 1. The molecule has 0 spiro atoms. The maximum atomic E-state index is 12.4. The normalized spacial score (nSPS) is 27.9. The Morgan fingerprint density at radius 2 is 2.11 bits per heavy atom. The lowest BCUT2D eigenvalue weighted by molar-refractivity contribution is -0.0945. The molecule has 3 rings (SSSR count). The highest BCUT2D eigenvalue weighted by Gasteiger charge is 2.30. The number of carbonyl (C=O) groups is 1. The van der Waals surface area contributed by atoms with E-state index in [4.69, 9.17) is 9.47 Å². The Kier molecular flexibility index (Phi) is 3.43. The van der Waals surface area contributed by atoms with Gasteiger partial charge in [0, 0.05) is 11.5 Å². The summed E-state index contributed by atoms with van der Waals surface area (Å²) in [5, 5.41) is 0. The molecule has 2 atom stereocenters. The number of Topliss-reactive ketones (excluding diaryl/α,β-unsaturated/α-hetero) is 1. The largest absolute Gasteiger partial charge is 0.376 e. The Bertz CT molecular complexity index is 435. The first-order valence-electron chi connectivity index (χ1n) is 6.66. The van der Waals surface area contributed by atoms with Crippen LogP contribution in [-0.2, 0) is 15.9 Å².